The number of aryl methyl sites for hydroxylation is 1. The van der Waals surface area contributed by atoms with Crippen LogP contribution in [0, 0.1) is 6.92 Å². The summed E-state index contributed by atoms with van der Waals surface area (Å²) in [4.78, 5) is 16.0. The molecular weight excluding hydrogens is 226 g/mol. The van der Waals surface area contributed by atoms with E-state index in [1.54, 1.807) is 24.5 Å². The van der Waals surface area contributed by atoms with E-state index in [0.717, 1.165) is 16.9 Å². The zero-order valence-electron chi connectivity index (χ0n) is 10.4. The van der Waals surface area contributed by atoms with Crippen LogP contribution in [-0.4, -0.2) is 17.9 Å². The lowest BCUT2D eigenvalue weighted by atomic mass is 10.2. The molecule has 0 atom stereocenters. The van der Waals surface area contributed by atoms with E-state index in [2.05, 4.69) is 15.6 Å². The summed E-state index contributed by atoms with van der Waals surface area (Å²) in [6, 6.07) is 9.16. The molecule has 0 unspecified atom stereocenters. The molecule has 4 heteroatoms. The number of anilines is 2. The van der Waals surface area contributed by atoms with Crippen molar-refractivity contribution in [1.82, 2.24) is 4.98 Å². The van der Waals surface area contributed by atoms with Crippen molar-refractivity contribution < 1.29 is 4.79 Å². The highest BCUT2D eigenvalue weighted by Crippen LogP contribution is 2.14. The summed E-state index contributed by atoms with van der Waals surface area (Å²) < 4.78 is 0. The summed E-state index contributed by atoms with van der Waals surface area (Å²) in [5.41, 5.74) is 3.33. The average molecular weight is 241 g/mol. The molecule has 2 rings (SSSR count). The number of benzene rings is 1. The fraction of sp³-hybridized carbons (Fsp3) is 0.143. The maximum atomic E-state index is 12.0. The van der Waals surface area contributed by atoms with Crippen molar-refractivity contribution in [1.29, 1.82) is 0 Å². The quantitative estimate of drug-likeness (QED) is 0.868. The normalized spacial score (nSPS) is 9.89. The number of nitrogens with zero attached hydrogens (tertiary/aromatic N) is 1. The number of nitrogens with one attached hydrogen (secondary N) is 2. The monoisotopic (exact) mass is 241 g/mol. The number of rotatable bonds is 3. The molecule has 0 aliphatic rings. The second-order valence-corrected chi connectivity index (χ2v) is 3.97. The van der Waals surface area contributed by atoms with E-state index in [0.29, 0.717) is 5.56 Å². The van der Waals surface area contributed by atoms with Crippen LogP contribution >= 0.6 is 0 Å². The van der Waals surface area contributed by atoms with Gasteiger partial charge in [0.1, 0.15) is 0 Å². The van der Waals surface area contributed by atoms with Crippen molar-refractivity contribution in [3.8, 4) is 0 Å². The first-order valence-corrected chi connectivity index (χ1v) is 5.70. The number of aromatic nitrogens is 1. The standard InChI is InChI=1S/C14H15N3O/c1-10-7-8-16-9-13(10)17-14(18)11-3-5-12(15-2)6-4-11/h3-9,15H,1-2H3,(H,17,18). The van der Waals surface area contributed by atoms with E-state index in [4.69, 9.17) is 0 Å². The number of hydrogen-bond donors (Lipinski definition) is 2. The molecule has 18 heavy (non-hydrogen) atoms. The van der Waals surface area contributed by atoms with E-state index in [1.807, 2.05) is 32.2 Å². The first kappa shape index (κ1) is 12.1. The average Bonchev–Trinajstić information content (AvgIpc) is 2.41. The van der Waals surface area contributed by atoms with Gasteiger partial charge in [-0.1, -0.05) is 0 Å². The Bertz CT molecular complexity index is 549. The van der Waals surface area contributed by atoms with Gasteiger partial charge in [-0.05, 0) is 42.8 Å². The van der Waals surface area contributed by atoms with Crippen LogP contribution < -0.4 is 10.6 Å². The molecule has 2 N–H and O–H groups in total. The van der Waals surface area contributed by atoms with Crippen molar-refractivity contribution in [3.05, 3.63) is 53.9 Å². The Morgan fingerprint density at radius 1 is 1.17 bits per heavy atom. The molecule has 0 bridgehead atoms. The predicted molar refractivity (Wildman–Crippen MR) is 72.9 cm³/mol. The van der Waals surface area contributed by atoms with Crippen LogP contribution in [-0.2, 0) is 0 Å². The highest BCUT2D eigenvalue weighted by atomic mass is 16.1. The summed E-state index contributed by atoms with van der Waals surface area (Å²) in [7, 11) is 1.84. The van der Waals surface area contributed by atoms with Gasteiger partial charge in [0.25, 0.3) is 5.91 Å². The Balaban J connectivity index is 2.14. The van der Waals surface area contributed by atoms with Crippen molar-refractivity contribution in [2.24, 2.45) is 0 Å². The van der Waals surface area contributed by atoms with E-state index >= 15 is 0 Å². The van der Waals surface area contributed by atoms with Crippen molar-refractivity contribution in [3.63, 3.8) is 0 Å². The van der Waals surface area contributed by atoms with Gasteiger partial charge >= 0.3 is 0 Å². The zero-order chi connectivity index (χ0) is 13.0. The minimum absolute atomic E-state index is 0.131. The third-order valence-electron chi connectivity index (χ3n) is 2.72. The Hall–Kier alpha value is -2.36. The molecule has 4 nitrogen and oxygen atoms in total. The van der Waals surface area contributed by atoms with Gasteiger partial charge in [-0.15, -0.1) is 0 Å². The van der Waals surface area contributed by atoms with Crippen LogP contribution in [0.25, 0.3) is 0 Å². The number of pyridine rings is 1. The molecule has 1 aromatic carbocycles. The van der Waals surface area contributed by atoms with Crippen LogP contribution in [0.3, 0.4) is 0 Å². The molecule has 0 radical (unpaired) electrons. The Labute approximate surface area is 106 Å². The minimum atomic E-state index is -0.131. The molecule has 0 fully saturated rings. The molecule has 0 spiro atoms. The maximum Gasteiger partial charge on any atom is 0.255 e. The van der Waals surface area contributed by atoms with Gasteiger partial charge in [0.15, 0.2) is 0 Å². The van der Waals surface area contributed by atoms with Crippen molar-refractivity contribution in [2.45, 2.75) is 6.92 Å². The molecule has 1 heterocycles. The Morgan fingerprint density at radius 3 is 2.50 bits per heavy atom. The number of amides is 1. The molecule has 0 aliphatic heterocycles. The number of carbonyl (C=O) groups excluding carboxylic acids is 1. The molecule has 2 aromatic rings. The van der Waals surface area contributed by atoms with E-state index in [1.165, 1.54) is 0 Å². The van der Waals surface area contributed by atoms with Gasteiger partial charge in [0, 0.05) is 24.5 Å². The van der Waals surface area contributed by atoms with Crippen LogP contribution in [0.4, 0.5) is 11.4 Å². The fourth-order valence-electron chi connectivity index (χ4n) is 1.58. The second-order valence-electron chi connectivity index (χ2n) is 3.97. The van der Waals surface area contributed by atoms with E-state index in [9.17, 15) is 4.79 Å². The largest absolute Gasteiger partial charge is 0.388 e. The third-order valence-corrected chi connectivity index (χ3v) is 2.72. The highest BCUT2D eigenvalue weighted by molar-refractivity contribution is 6.04. The van der Waals surface area contributed by atoms with Crippen LogP contribution in [0.5, 0.6) is 0 Å². The molecule has 0 aliphatic carbocycles. The smallest absolute Gasteiger partial charge is 0.255 e. The third kappa shape index (κ3) is 2.66. The molecular formula is C14H15N3O. The van der Waals surface area contributed by atoms with Crippen LogP contribution in [0.1, 0.15) is 15.9 Å². The lowest BCUT2D eigenvalue weighted by Crippen LogP contribution is -2.12. The van der Waals surface area contributed by atoms with Gasteiger partial charge in [-0.3, -0.25) is 9.78 Å². The lowest BCUT2D eigenvalue weighted by Gasteiger charge is -2.08. The molecule has 1 amide bonds. The number of carbonyl (C=O) groups is 1. The summed E-state index contributed by atoms with van der Waals surface area (Å²) in [5, 5.41) is 5.85. The second kappa shape index (κ2) is 5.31. The zero-order valence-corrected chi connectivity index (χ0v) is 10.4. The van der Waals surface area contributed by atoms with Gasteiger partial charge in [-0.2, -0.15) is 0 Å². The fourth-order valence-corrected chi connectivity index (χ4v) is 1.58. The van der Waals surface area contributed by atoms with Gasteiger partial charge in [0.05, 0.1) is 11.9 Å². The molecule has 0 saturated heterocycles. The van der Waals surface area contributed by atoms with E-state index in [-0.39, 0.29) is 5.91 Å². The van der Waals surface area contributed by atoms with Gasteiger partial charge in [0.2, 0.25) is 0 Å². The SMILES string of the molecule is CNc1ccc(C(=O)Nc2cnccc2C)cc1. The minimum Gasteiger partial charge on any atom is -0.388 e. The first-order valence-electron chi connectivity index (χ1n) is 5.70. The summed E-state index contributed by atoms with van der Waals surface area (Å²) in [5.74, 6) is -0.131. The highest BCUT2D eigenvalue weighted by Gasteiger charge is 2.07. The number of hydrogen-bond acceptors (Lipinski definition) is 3. The van der Waals surface area contributed by atoms with Crippen molar-refractivity contribution >= 4 is 17.3 Å². The van der Waals surface area contributed by atoms with Crippen LogP contribution in [0.15, 0.2) is 42.7 Å². The summed E-state index contributed by atoms with van der Waals surface area (Å²) >= 11 is 0. The Kier molecular flexibility index (Phi) is 3.57. The van der Waals surface area contributed by atoms with Crippen LogP contribution in [0.2, 0.25) is 0 Å². The summed E-state index contributed by atoms with van der Waals surface area (Å²) in [6.45, 7) is 1.93. The van der Waals surface area contributed by atoms with Gasteiger partial charge < -0.3 is 10.6 Å². The van der Waals surface area contributed by atoms with E-state index < -0.39 is 0 Å². The topological polar surface area (TPSA) is 54.0 Å². The molecule has 0 saturated carbocycles. The van der Waals surface area contributed by atoms with Crippen molar-refractivity contribution in [2.75, 3.05) is 17.7 Å². The Morgan fingerprint density at radius 2 is 1.89 bits per heavy atom. The predicted octanol–water partition coefficient (Wildman–Crippen LogP) is 2.68. The first-order chi connectivity index (χ1) is 8.70. The maximum absolute atomic E-state index is 12.0. The summed E-state index contributed by atoms with van der Waals surface area (Å²) in [6.07, 6.45) is 3.35. The van der Waals surface area contributed by atoms with Gasteiger partial charge in [-0.25, -0.2) is 0 Å². The molecule has 92 valence electrons. The lowest BCUT2D eigenvalue weighted by molar-refractivity contribution is 0.102. The molecule has 1 aromatic heterocycles.